The van der Waals surface area contributed by atoms with Gasteiger partial charge < -0.3 is 15.7 Å². The molecule has 86 valence electrons. The van der Waals surface area contributed by atoms with Crippen molar-refractivity contribution in [3.05, 3.63) is 29.6 Å². The summed E-state index contributed by atoms with van der Waals surface area (Å²) >= 11 is 0. The summed E-state index contributed by atoms with van der Waals surface area (Å²) in [5, 5.41) is 9.44. The molecule has 1 amide bonds. The second-order valence-electron chi connectivity index (χ2n) is 4.48. The van der Waals surface area contributed by atoms with Crippen LogP contribution in [0.5, 0.6) is 5.75 Å². The number of aromatic hydroxyl groups is 1. The lowest BCUT2D eigenvalue weighted by atomic mass is 9.93. The monoisotopic (exact) mass is 224 g/mol. The molecule has 0 saturated carbocycles. The second kappa shape index (κ2) is 3.45. The van der Waals surface area contributed by atoms with Gasteiger partial charge in [0, 0.05) is 24.7 Å². The first-order valence-electron chi connectivity index (χ1n) is 4.96. The zero-order valence-corrected chi connectivity index (χ0v) is 8.90. The third-order valence-corrected chi connectivity index (χ3v) is 2.58. The standard InChI is InChI=1S/C11H13FN2O2/c1-11(13)5-14(6-11)10(16)8-3-2-7(12)4-9(8)15/h2-4,15H,5-6,13H2,1H3. The summed E-state index contributed by atoms with van der Waals surface area (Å²) in [7, 11) is 0. The van der Waals surface area contributed by atoms with E-state index in [-0.39, 0.29) is 22.8 Å². The van der Waals surface area contributed by atoms with Crippen LogP contribution in [-0.2, 0) is 0 Å². The van der Waals surface area contributed by atoms with Crippen LogP contribution in [0.25, 0.3) is 0 Å². The van der Waals surface area contributed by atoms with Gasteiger partial charge in [-0.25, -0.2) is 4.39 Å². The summed E-state index contributed by atoms with van der Waals surface area (Å²) in [6, 6.07) is 3.35. The Bertz CT molecular complexity index is 438. The molecule has 0 atom stereocenters. The van der Waals surface area contributed by atoms with E-state index in [1.54, 1.807) is 0 Å². The Balaban J connectivity index is 2.16. The van der Waals surface area contributed by atoms with Crippen LogP contribution in [-0.4, -0.2) is 34.5 Å². The van der Waals surface area contributed by atoms with Crippen LogP contribution in [0.4, 0.5) is 4.39 Å². The molecule has 0 aliphatic carbocycles. The predicted molar refractivity (Wildman–Crippen MR) is 56.6 cm³/mol. The maximum absolute atomic E-state index is 12.7. The molecule has 16 heavy (non-hydrogen) atoms. The number of halogens is 1. The number of phenolic OH excluding ortho intramolecular Hbond substituents is 1. The molecule has 3 N–H and O–H groups in total. The number of nitrogens with two attached hydrogens (primary N) is 1. The van der Waals surface area contributed by atoms with Crippen molar-refractivity contribution < 1.29 is 14.3 Å². The first-order valence-corrected chi connectivity index (χ1v) is 4.96. The molecule has 1 heterocycles. The number of hydrogen-bond donors (Lipinski definition) is 2. The Morgan fingerprint density at radius 1 is 1.56 bits per heavy atom. The topological polar surface area (TPSA) is 66.6 Å². The van der Waals surface area contributed by atoms with Crippen molar-refractivity contribution in [2.24, 2.45) is 5.73 Å². The van der Waals surface area contributed by atoms with Crippen molar-refractivity contribution in [1.82, 2.24) is 4.90 Å². The van der Waals surface area contributed by atoms with Gasteiger partial charge in [0.05, 0.1) is 5.56 Å². The summed E-state index contributed by atoms with van der Waals surface area (Å²) in [5.41, 5.74) is 5.53. The third-order valence-electron chi connectivity index (χ3n) is 2.58. The van der Waals surface area contributed by atoms with Gasteiger partial charge in [0.15, 0.2) is 0 Å². The molecule has 1 aliphatic heterocycles. The summed E-state index contributed by atoms with van der Waals surface area (Å²) in [6.07, 6.45) is 0. The molecule has 0 unspecified atom stereocenters. The van der Waals surface area contributed by atoms with Crippen LogP contribution >= 0.6 is 0 Å². The molecule has 0 spiro atoms. The van der Waals surface area contributed by atoms with E-state index < -0.39 is 5.82 Å². The van der Waals surface area contributed by atoms with E-state index in [0.29, 0.717) is 13.1 Å². The maximum atomic E-state index is 12.7. The molecule has 0 radical (unpaired) electrons. The van der Waals surface area contributed by atoms with E-state index in [4.69, 9.17) is 5.73 Å². The highest BCUT2D eigenvalue weighted by Crippen LogP contribution is 2.24. The van der Waals surface area contributed by atoms with E-state index >= 15 is 0 Å². The van der Waals surface area contributed by atoms with E-state index in [1.165, 1.54) is 11.0 Å². The maximum Gasteiger partial charge on any atom is 0.257 e. The quantitative estimate of drug-likeness (QED) is 0.738. The van der Waals surface area contributed by atoms with Crippen LogP contribution in [0.3, 0.4) is 0 Å². The fourth-order valence-corrected chi connectivity index (χ4v) is 1.83. The van der Waals surface area contributed by atoms with Gasteiger partial charge in [-0.2, -0.15) is 0 Å². The van der Waals surface area contributed by atoms with Crippen molar-refractivity contribution in [2.45, 2.75) is 12.5 Å². The number of likely N-dealkylation sites (tertiary alicyclic amines) is 1. The minimum atomic E-state index is -0.568. The number of rotatable bonds is 1. The van der Waals surface area contributed by atoms with Gasteiger partial charge >= 0.3 is 0 Å². The molecule has 1 saturated heterocycles. The summed E-state index contributed by atoms with van der Waals surface area (Å²) in [6.45, 7) is 2.74. The number of carbonyl (C=O) groups is 1. The van der Waals surface area contributed by atoms with E-state index in [2.05, 4.69) is 0 Å². The smallest absolute Gasteiger partial charge is 0.257 e. The Morgan fingerprint density at radius 3 is 2.69 bits per heavy atom. The third kappa shape index (κ3) is 1.86. The lowest BCUT2D eigenvalue weighted by Gasteiger charge is -2.45. The largest absolute Gasteiger partial charge is 0.507 e. The molecule has 1 aromatic carbocycles. The summed E-state index contributed by atoms with van der Waals surface area (Å²) in [5.74, 6) is -1.22. The fraction of sp³-hybridized carbons (Fsp3) is 0.364. The Labute approximate surface area is 92.5 Å². The summed E-state index contributed by atoms with van der Waals surface area (Å²) in [4.78, 5) is 13.4. The number of nitrogens with zero attached hydrogens (tertiary/aromatic N) is 1. The van der Waals surface area contributed by atoms with Crippen LogP contribution < -0.4 is 5.73 Å². The highest BCUT2D eigenvalue weighted by molar-refractivity contribution is 5.97. The van der Waals surface area contributed by atoms with Gasteiger partial charge in [-0.3, -0.25) is 4.79 Å². The predicted octanol–water partition coefficient (Wildman–Crippen LogP) is 0.705. The van der Waals surface area contributed by atoms with Crippen LogP contribution in [0.2, 0.25) is 0 Å². The van der Waals surface area contributed by atoms with E-state index in [9.17, 15) is 14.3 Å². The van der Waals surface area contributed by atoms with Crippen LogP contribution in [0, 0.1) is 5.82 Å². The second-order valence-corrected chi connectivity index (χ2v) is 4.48. The lowest BCUT2D eigenvalue weighted by Crippen LogP contribution is -2.66. The summed E-state index contributed by atoms with van der Waals surface area (Å²) < 4.78 is 12.7. The first-order chi connectivity index (χ1) is 7.39. The normalized spacial score (nSPS) is 18.1. The Morgan fingerprint density at radius 2 is 2.19 bits per heavy atom. The van der Waals surface area contributed by atoms with Crippen molar-refractivity contribution in [3.63, 3.8) is 0 Å². The van der Waals surface area contributed by atoms with Gasteiger partial charge in [-0.05, 0) is 19.1 Å². The van der Waals surface area contributed by atoms with Gasteiger partial charge in [0.25, 0.3) is 5.91 Å². The van der Waals surface area contributed by atoms with Crippen molar-refractivity contribution in [3.8, 4) is 5.75 Å². The zero-order chi connectivity index (χ0) is 11.9. The fourth-order valence-electron chi connectivity index (χ4n) is 1.83. The van der Waals surface area contributed by atoms with Gasteiger partial charge in [-0.15, -0.1) is 0 Å². The molecule has 5 heteroatoms. The molecule has 0 aromatic heterocycles. The molecule has 1 aliphatic rings. The molecular formula is C11H13FN2O2. The number of amides is 1. The minimum absolute atomic E-state index is 0.108. The molecule has 2 rings (SSSR count). The minimum Gasteiger partial charge on any atom is -0.507 e. The van der Waals surface area contributed by atoms with E-state index in [0.717, 1.165) is 12.1 Å². The highest BCUT2D eigenvalue weighted by Gasteiger charge is 2.38. The SMILES string of the molecule is CC1(N)CN(C(=O)c2ccc(F)cc2O)C1. The van der Waals surface area contributed by atoms with E-state index in [1.807, 2.05) is 6.92 Å². The van der Waals surface area contributed by atoms with Gasteiger partial charge in [0.2, 0.25) is 0 Å². The molecule has 4 nitrogen and oxygen atoms in total. The Hall–Kier alpha value is -1.62. The lowest BCUT2D eigenvalue weighted by molar-refractivity contribution is 0.0450. The number of hydrogen-bond acceptors (Lipinski definition) is 3. The van der Waals surface area contributed by atoms with Crippen molar-refractivity contribution in [1.29, 1.82) is 0 Å². The van der Waals surface area contributed by atoms with Crippen molar-refractivity contribution in [2.75, 3.05) is 13.1 Å². The highest BCUT2D eigenvalue weighted by atomic mass is 19.1. The molecular weight excluding hydrogens is 211 g/mol. The average molecular weight is 224 g/mol. The average Bonchev–Trinajstić information content (AvgIpc) is 2.13. The Kier molecular flexibility index (Phi) is 2.35. The van der Waals surface area contributed by atoms with Crippen LogP contribution in [0.1, 0.15) is 17.3 Å². The first kappa shape index (κ1) is 10.9. The zero-order valence-electron chi connectivity index (χ0n) is 8.90. The van der Waals surface area contributed by atoms with Gasteiger partial charge in [-0.1, -0.05) is 0 Å². The van der Waals surface area contributed by atoms with Crippen molar-refractivity contribution >= 4 is 5.91 Å². The molecule has 1 aromatic rings. The van der Waals surface area contributed by atoms with Gasteiger partial charge in [0.1, 0.15) is 11.6 Å². The van der Waals surface area contributed by atoms with Crippen LogP contribution in [0.15, 0.2) is 18.2 Å². The number of carbonyl (C=O) groups excluding carboxylic acids is 1. The number of phenols is 1. The molecule has 0 bridgehead atoms. The number of benzene rings is 1. The molecule has 1 fully saturated rings.